The Morgan fingerprint density at radius 2 is 2.05 bits per heavy atom. The summed E-state index contributed by atoms with van der Waals surface area (Å²) >= 11 is 0. The Balaban J connectivity index is 2.16. The average molecular weight is 259 g/mol. The molecule has 0 saturated carbocycles. The van der Waals surface area contributed by atoms with Crippen molar-refractivity contribution in [1.82, 2.24) is 15.0 Å². The number of rotatable bonds is 5. The number of nitrogens with zero attached hydrogens (tertiary/aromatic N) is 3. The molecule has 0 fully saturated rings. The first kappa shape index (κ1) is 13.3. The van der Waals surface area contributed by atoms with Crippen LogP contribution >= 0.6 is 0 Å². The minimum atomic E-state index is -0.928. The second-order valence-electron chi connectivity index (χ2n) is 4.72. The molecule has 0 saturated heterocycles. The number of hydrogen-bond acceptors (Lipinski definition) is 3. The first-order chi connectivity index (χ1) is 9.10. The van der Waals surface area contributed by atoms with Gasteiger partial charge in [-0.05, 0) is 36.6 Å². The Hall–Kier alpha value is -2.17. The highest BCUT2D eigenvalue weighted by Crippen LogP contribution is 2.12. The van der Waals surface area contributed by atoms with E-state index in [4.69, 9.17) is 5.11 Å². The van der Waals surface area contributed by atoms with Gasteiger partial charge in [0, 0.05) is 0 Å². The monoisotopic (exact) mass is 259 g/mol. The number of carboxylic acids is 1. The highest BCUT2D eigenvalue weighted by molar-refractivity contribution is 5.87. The minimum Gasteiger partial charge on any atom is -0.478 e. The van der Waals surface area contributed by atoms with Crippen LogP contribution in [-0.2, 0) is 6.42 Å². The van der Waals surface area contributed by atoms with Gasteiger partial charge >= 0.3 is 5.97 Å². The molecule has 19 heavy (non-hydrogen) atoms. The fraction of sp³-hybridized carbons (Fsp3) is 0.357. The first-order valence-corrected chi connectivity index (χ1v) is 6.35. The van der Waals surface area contributed by atoms with Crippen molar-refractivity contribution in [2.45, 2.75) is 26.7 Å². The van der Waals surface area contributed by atoms with Crippen LogP contribution in [0.25, 0.3) is 5.69 Å². The van der Waals surface area contributed by atoms with E-state index in [0.29, 0.717) is 5.92 Å². The van der Waals surface area contributed by atoms with E-state index in [1.54, 1.807) is 28.9 Å². The van der Waals surface area contributed by atoms with Gasteiger partial charge in [-0.25, -0.2) is 9.48 Å². The van der Waals surface area contributed by atoms with Crippen LogP contribution in [0, 0.1) is 5.92 Å². The van der Waals surface area contributed by atoms with E-state index in [2.05, 4.69) is 24.2 Å². The van der Waals surface area contributed by atoms with Gasteiger partial charge in [0.2, 0.25) is 0 Å². The van der Waals surface area contributed by atoms with Crippen molar-refractivity contribution in [3.63, 3.8) is 0 Å². The third-order valence-electron chi connectivity index (χ3n) is 3.17. The van der Waals surface area contributed by atoms with Crippen LogP contribution in [0.1, 0.15) is 36.3 Å². The molecule has 0 aliphatic rings. The van der Waals surface area contributed by atoms with Gasteiger partial charge in [0.05, 0.1) is 23.1 Å². The zero-order valence-electron chi connectivity index (χ0n) is 11.1. The Morgan fingerprint density at radius 1 is 1.37 bits per heavy atom. The Kier molecular flexibility index (Phi) is 3.94. The third-order valence-corrected chi connectivity index (χ3v) is 3.17. The zero-order chi connectivity index (χ0) is 13.8. The van der Waals surface area contributed by atoms with Gasteiger partial charge in [0.1, 0.15) is 0 Å². The first-order valence-electron chi connectivity index (χ1n) is 6.35. The topological polar surface area (TPSA) is 68.0 Å². The van der Waals surface area contributed by atoms with E-state index in [1.165, 1.54) is 0 Å². The lowest BCUT2D eigenvalue weighted by Gasteiger charge is -2.03. The summed E-state index contributed by atoms with van der Waals surface area (Å²) in [5.74, 6) is -0.345. The highest BCUT2D eigenvalue weighted by Gasteiger charge is 2.07. The predicted molar refractivity (Wildman–Crippen MR) is 71.5 cm³/mol. The summed E-state index contributed by atoms with van der Waals surface area (Å²) < 4.78 is 1.67. The van der Waals surface area contributed by atoms with E-state index in [9.17, 15) is 4.79 Å². The lowest BCUT2D eigenvalue weighted by Crippen LogP contribution is -1.99. The molecule has 0 aliphatic heterocycles. The Labute approximate surface area is 111 Å². The van der Waals surface area contributed by atoms with Crippen molar-refractivity contribution in [3.8, 4) is 5.69 Å². The number of aromatic nitrogens is 3. The third kappa shape index (κ3) is 3.19. The molecule has 100 valence electrons. The fourth-order valence-corrected chi connectivity index (χ4v) is 1.78. The van der Waals surface area contributed by atoms with Crippen molar-refractivity contribution in [2.24, 2.45) is 5.92 Å². The van der Waals surface area contributed by atoms with E-state index < -0.39 is 5.97 Å². The van der Waals surface area contributed by atoms with Crippen LogP contribution in [-0.4, -0.2) is 26.1 Å². The van der Waals surface area contributed by atoms with Crippen LogP contribution in [0.3, 0.4) is 0 Å². The molecule has 1 atom stereocenters. The molecule has 1 aromatic carbocycles. The van der Waals surface area contributed by atoms with Crippen LogP contribution < -0.4 is 0 Å². The van der Waals surface area contributed by atoms with E-state index in [-0.39, 0.29) is 5.56 Å². The largest absolute Gasteiger partial charge is 0.478 e. The standard InChI is InChI=1S/C14H17N3O2/c1-3-10(2)8-12-9-17(16-15-12)13-6-4-11(5-7-13)14(18)19/h4-7,9-10H,3,8H2,1-2H3,(H,18,19). The predicted octanol–water partition coefficient (Wildman–Crippen LogP) is 2.55. The number of carboxylic acid groups (broad SMARTS) is 1. The second-order valence-corrected chi connectivity index (χ2v) is 4.72. The maximum atomic E-state index is 10.8. The number of benzene rings is 1. The number of hydrogen-bond donors (Lipinski definition) is 1. The van der Waals surface area contributed by atoms with Crippen molar-refractivity contribution in [1.29, 1.82) is 0 Å². The Bertz CT molecular complexity index is 560. The zero-order valence-corrected chi connectivity index (χ0v) is 11.1. The summed E-state index contributed by atoms with van der Waals surface area (Å²) in [6.45, 7) is 4.33. The molecule has 0 aliphatic carbocycles. The molecule has 1 N–H and O–H groups in total. The van der Waals surface area contributed by atoms with Gasteiger partial charge in [0.25, 0.3) is 0 Å². The van der Waals surface area contributed by atoms with Gasteiger partial charge in [-0.15, -0.1) is 5.10 Å². The average Bonchev–Trinajstić information content (AvgIpc) is 2.87. The summed E-state index contributed by atoms with van der Waals surface area (Å²) in [5, 5.41) is 17.0. The molecule has 2 rings (SSSR count). The lowest BCUT2D eigenvalue weighted by atomic mass is 10.0. The smallest absolute Gasteiger partial charge is 0.335 e. The maximum absolute atomic E-state index is 10.8. The summed E-state index contributed by atoms with van der Waals surface area (Å²) in [6.07, 6.45) is 3.91. The number of aromatic carboxylic acids is 1. The molecule has 0 bridgehead atoms. The van der Waals surface area contributed by atoms with Crippen LogP contribution in [0.15, 0.2) is 30.5 Å². The van der Waals surface area contributed by atoms with Crippen LogP contribution in [0.2, 0.25) is 0 Å². The van der Waals surface area contributed by atoms with Gasteiger partial charge in [-0.1, -0.05) is 25.5 Å². The second kappa shape index (κ2) is 5.65. The van der Waals surface area contributed by atoms with Gasteiger partial charge in [0.15, 0.2) is 0 Å². The molecule has 5 nitrogen and oxygen atoms in total. The molecule has 0 amide bonds. The highest BCUT2D eigenvalue weighted by atomic mass is 16.4. The molecular weight excluding hydrogens is 242 g/mol. The normalized spacial score (nSPS) is 12.3. The van der Waals surface area contributed by atoms with Gasteiger partial charge in [-0.2, -0.15) is 0 Å². The van der Waals surface area contributed by atoms with E-state index in [0.717, 1.165) is 24.2 Å². The molecule has 2 aromatic rings. The molecule has 1 aromatic heterocycles. The lowest BCUT2D eigenvalue weighted by molar-refractivity contribution is 0.0697. The van der Waals surface area contributed by atoms with Crippen molar-refractivity contribution in [2.75, 3.05) is 0 Å². The van der Waals surface area contributed by atoms with Crippen molar-refractivity contribution >= 4 is 5.97 Å². The maximum Gasteiger partial charge on any atom is 0.335 e. The molecule has 0 spiro atoms. The summed E-state index contributed by atoms with van der Waals surface area (Å²) in [6, 6.07) is 6.58. The number of carbonyl (C=O) groups is 1. The SMILES string of the molecule is CCC(C)Cc1cn(-c2ccc(C(=O)O)cc2)nn1. The molecule has 1 unspecified atom stereocenters. The van der Waals surface area contributed by atoms with E-state index in [1.807, 2.05) is 6.20 Å². The van der Waals surface area contributed by atoms with Gasteiger partial charge in [-0.3, -0.25) is 0 Å². The minimum absolute atomic E-state index is 0.267. The summed E-state index contributed by atoms with van der Waals surface area (Å²) in [4.78, 5) is 10.8. The molecular formula is C14H17N3O2. The quantitative estimate of drug-likeness (QED) is 0.896. The molecule has 5 heteroatoms. The van der Waals surface area contributed by atoms with E-state index >= 15 is 0 Å². The van der Waals surface area contributed by atoms with Crippen molar-refractivity contribution < 1.29 is 9.90 Å². The Morgan fingerprint density at radius 3 is 2.63 bits per heavy atom. The van der Waals surface area contributed by atoms with Crippen molar-refractivity contribution in [3.05, 3.63) is 41.7 Å². The van der Waals surface area contributed by atoms with Crippen LogP contribution in [0.4, 0.5) is 0 Å². The van der Waals surface area contributed by atoms with Crippen LogP contribution in [0.5, 0.6) is 0 Å². The summed E-state index contributed by atoms with van der Waals surface area (Å²) in [7, 11) is 0. The molecule has 0 radical (unpaired) electrons. The molecule has 1 heterocycles. The summed E-state index contributed by atoms with van der Waals surface area (Å²) in [5.41, 5.74) is 2.04. The fourth-order valence-electron chi connectivity index (χ4n) is 1.78. The van der Waals surface area contributed by atoms with Gasteiger partial charge < -0.3 is 5.11 Å².